The van der Waals surface area contributed by atoms with E-state index in [4.69, 9.17) is 9.47 Å². The van der Waals surface area contributed by atoms with Crippen LogP contribution in [0.25, 0.3) is 0 Å². The summed E-state index contributed by atoms with van der Waals surface area (Å²) < 4.78 is 10.9. The standard InChI is InChI=1S/C21H23NO3/c1-12-10-13(2)18-17(11-12)20-16(8-9-25-20)19(22-18)14-4-6-15(7-5-14)21(23)24-3/h4-7,10-11,16,19-20,22H,8-9H2,1-3H3/t16-,19-,20-/m0/s1. The van der Waals surface area contributed by atoms with Gasteiger partial charge >= 0.3 is 5.97 Å². The summed E-state index contributed by atoms with van der Waals surface area (Å²) in [7, 11) is 1.40. The lowest BCUT2D eigenvalue weighted by Gasteiger charge is -2.37. The maximum Gasteiger partial charge on any atom is 0.337 e. The minimum Gasteiger partial charge on any atom is -0.465 e. The highest BCUT2D eigenvalue weighted by Gasteiger charge is 2.41. The average molecular weight is 337 g/mol. The summed E-state index contributed by atoms with van der Waals surface area (Å²) in [6, 6.07) is 12.4. The van der Waals surface area contributed by atoms with Crippen LogP contribution in [0.4, 0.5) is 5.69 Å². The molecule has 2 aromatic carbocycles. The Balaban J connectivity index is 1.72. The van der Waals surface area contributed by atoms with E-state index in [-0.39, 0.29) is 18.1 Å². The zero-order valence-corrected chi connectivity index (χ0v) is 14.8. The summed E-state index contributed by atoms with van der Waals surface area (Å²) in [4.78, 5) is 11.7. The zero-order chi connectivity index (χ0) is 17.6. The first kappa shape index (κ1) is 16.2. The van der Waals surface area contributed by atoms with E-state index in [0.717, 1.165) is 13.0 Å². The van der Waals surface area contributed by atoms with Gasteiger partial charge in [-0.3, -0.25) is 0 Å². The molecular weight excluding hydrogens is 314 g/mol. The molecule has 0 radical (unpaired) electrons. The van der Waals surface area contributed by atoms with Crippen molar-refractivity contribution in [1.82, 2.24) is 0 Å². The van der Waals surface area contributed by atoms with Crippen molar-refractivity contribution in [2.24, 2.45) is 5.92 Å². The number of benzene rings is 2. The van der Waals surface area contributed by atoms with E-state index in [2.05, 4.69) is 31.3 Å². The Labute approximate surface area is 148 Å². The molecule has 1 saturated heterocycles. The van der Waals surface area contributed by atoms with E-state index in [1.54, 1.807) is 0 Å². The number of rotatable bonds is 2. The number of carbonyl (C=O) groups excluding carboxylic acids is 1. The van der Waals surface area contributed by atoms with Gasteiger partial charge in [0.15, 0.2) is 0 Å². The van der Waals surface area contributed by atoms with Gasteiger partial charge in [0.1, 0.15) is 0 Å². The molecular formula is C21H23NO3. The lowest BCUT2D eigenvalue weighted by molar-refractivity contribution is 0.0600. The van der Waals surface area contributed by atoms with Crippen molar-refractivity contribution in [1.29, 1.82) is 0 Å². The molecule has 130 valence electrons. The number of nitrogens with one attached hydrogen (secondary N) is 1. The molecule has 0 spiro atoms. The highest BCUT2D eigenvalue weighted by atomic mass is 16.5. The predicted molar refractivity (Wildman–Crippen MR) is 96.9 cm³/mol. The first-order valence-electron chi connectivity index (χ1n) is 8.76. The second kappa shape index (κ2) is 6.19. The van der Waals surface area contributed by atoms with Gasteiger partial charge in [-0.1, -0.05) is 29.8 Å². The molecule has 0 saturated carbocycles. The Morgan fingerprint density at radius 1 is 1.20 bits per heavy atom. The van der Waals surface area contributed by atoms with Crippen molar-refractivity contribution in [2.45, 2.75) is 32.4 Å². The van der Waals surface area contributed by atoms with Crippen molar-refractivity contribution in [3.63, 3.8) is 0 Å². The van der Waals surface area contributed by atoms with Crippen molar-refractivity contribution in [3.05, 3.63) is 64.2 Å². The summed E-state index contributed by atoms with van der Waals surface area (Å²) >= 11 is 0. The van der Waals surface area contributed by atoms with Gasteiger partial charge in [-0.2, -0.15) is 0 Å². The van der Waals surface area contributed by atoms with Crippen LogP contribution in [0.5, 0.6) is 0 Å². The summed E-state index contributed by atoms with van der Waals surface area (Å²) in [5.41, 5.74) is 6.75. The van der Waals surface area contributed by atoms with Gasteiger partial charge in [0.25, 0.3) is 0 Å². The van der Waals surface area contributed by atoms with Crippen LogP contribution in [0.15, 0.2) is 36.4 Å². The molecule has 3 atom stereocenters. The van der Waals surface area contributed by atoms with Gasteiger partial charge in [-0.15, -0.1) is 0 Å². The molecule has 2 heterocycles. The molecule has 4 heteroatoms. The largest absolute Gasteiger partial charge is 0.465 e. The zero-order valence-electron chi connectivity index (χ0n) is 14.8. The van der Waals surface area contributed by atoms with E-state index >= 15 is 0 Å². The summed E-state index contributed by atoms with van der Waals surface area (Å²) in [5.74, 6) is 0.0968. The number of anilines is 1. The average Bonchev–Trinajstić information content (AvgIpc) is 3.11. The van der Waals surface area contributed by atoms with E-state index in [9.17, 15) is 4.79 Å². The van der Waals surface area contributed by atoms with Crippen LogP contribution in [0.1, 0.15) is 51.2 Å². The third-order valence-corrected chi connectivity index (χ3v) is 5.37. The quantitative estimate of drug-likeness (QED) is 0.829. The van der Waals surface area contributed by atoms with Gasteiger partial charge in [0.05, 0.1) is 24.8 Å². The van der Waals surface area contributed by atoms with Gasteiger partial charge < -0.3 is 14.8 Å². The fraction of sp³-hybridized carbons (Fsp3) is 0.381. The van der Waals surface area contributed by atoms with Gasteiger partial charge in [-0.05, 0) is 43.5 Å². The third-order valence-electron chi connectivity index (χ3n) is 5.37. The van der Waals surface area contributed by atoms with Gasteiger partial charge in [0, 0.05) is 23.8 Å². The van der Waals surface area contributed by atoms with Crippen molar-refractivity contribution < 1.29 is 14.3 Å². The van der Waals surface area contributed by atoms with E-state index in [1.807, 2.05) is 24.3 Å². The van der Waals surface area contributed by atoms with E-state index in [0.29, 0.717) is 11.5 Å². The molecule has 25 heavy (non-hydrogen) atoms. The van der Waals surface area contributed by atoms with Crippen LogP contribution in [0.3, 0.4) is 0 Å². The Morgan fingerprint density at radius 3 is 2.68 bits per heavy atom. The van der Waals surface area contributed by atoms with Crippen LogP contribution < -0.4 is 5.32 Å². The predicted octanol–water partition coefficient (Wildman–Crippen LogP) is 4.33. The molecule has 2 aliphatic rings. The monoisotopic (exact) mass is 337 g/mol. The van der Waals surface area contributed by atoms with Crippen molar-refractivity contribution >= 4 is 11.7 Å². The molecule has 0 amide bonds. The summed E-state index contributed by atoms with van der Waals surface area (Å²) in [6.45, 7) is 5.07. The first-order chi connectivity index (χ1) is 12.1. The highest BCUT2D eigenvalue weighted by Crippen LogP contribution is 2.50. The topological polar surface area (TPSA) is 47.6 Å². The Morgan fingerprint density at radius 2 is 1.96 bits per heavy atom. The molecule has 1 N–H and O–H groups in total. The van der Waals surface area contributed by atoms with Crippen molar-refractivity contribution in [2.75, 3.05) is 19.0 Å². The normalized spacial score (nSPS) is 24.2. The van der Waals surface area contributed by atoms with Crippen LogP contribution in [-0.2, 0) is 9.47 Å². The number of fused-ring (bicyclic) bond motifs is 3. The number of methoxy groups -OCH3 is 1. The number of hydrogen-bond donors (Lipinski definition) is 1. The second-order valence-corrected chi connectivity index (χ2v) is 7.03. The number of hydrogen-bond acceptors (Lipinski definition) is 4. The molecule has 2 aliphatic heterocycles. The van der Waals surface area contributed by atoms with E-state index in [1.165, 1.54) is 35.1 Å². The smallest absolute Gasteiger partial charge is 0.337 e. The molecule has 1 fully saturated rings. The molecule has 0 bridgehead atoms. The number of ether oxygens (including phenoxy) is 2. The van der Waals surface area contributed by atoms with Gasteiger partial charge in [-0.25, -0.2) is 4.79 Å². The first-order valence-corrected chi connectivity index (χ1v) is 8.76. The third kappa shape index (κ3) is 2.71. The van der Waals surface area contributed by atoms with Crippen molar-refractivity contribution in [3.8, 4) is 0 Å². The van der Waals surface area contributed by atoms with Crippen LogP contribution in [-0.4, -0.2) is 19.7 Å². The minimum atomic E-state index is -0.304. The maximum absolute atomic E-state index is 11.7. The fourth-order valence-corrected chi connectivity index (χ4v) is 4.23. The number of esters is 1. The Kier molecular flexibility index (Phi) is 4.00. The molecule has 0 aliphatic carbocycles. The maximum atomic E-state index is 11.7. The highest BCUT2D eigenvalue weighted by molar-refractivity contribution is 5.89. The lowest BCUT2D eigenvalue weighted by atomic mass is 9.79. The number of aryl methyl sites for hydroxylation is 2. The summed E-state index contributed by atoms with van der Waals surface area (Å²) in [6.07, 6.45) is 1.17. The molecule has 0 aromatic heterocycles. The van der Waals surface area contributed by atoms with E-state index < -0.39 is 0 Å². The lowest BCUT2D eigenvalue weighted by Crippen LogP contribution is -2.30. The molecule has 0 unspecified atom stereocenters. The number of carbonyl (C=O) groups is 1. The van der Waals surface area contributed by atoms with Crippen LogP contribution >= 0.6 is 0 Å². The SMILES string of the molecule is COC(=O)c1ccc([C@@H]2Nc3c(C)cc(C)cc3[C@H]3OCC[C@H]32)cc1. The van der Waals surface area contributed by atoms with Crippen LogP contribution in [0, 0.1) is 19.8 Å². The molecule has 2 aromatic rings. The second-order valence-electron chi connectivity index (χ2n) is 7.03. The molecule has 4 rings (SSSR count). The molecule has 4 nitrogen and oxygen atoms in total. The van der Waals surface area contributed by atoms with Gasteiger partial charge in [0.2, 0.25) is 0 Å². The summed E-state index contributed by atoms with van der Waals surface area (Å²) in [5, 5.41) is 3.75. The van der Waals surface area contributed by atoms with Crippen LogP contribution in [0.2, 0.25) is 0 Å². The Hall–Kier alpha value is -2.33. The fourth-order valence-electron chi connectivity index (χ4n) is 4.23. The minimum absolute atomic E-state index is 0.139. The Bertz CT molecular complexity index is 813.